The van der Waals surface area contributed by atoms with Gasteiger partial charge in [-0.25, -0.2) is 4.98 Å². The van der Waals surface area contributed by atoms with E-state index in [-0.39, 0.29) is 6.04 Å². The molecule has 1 N–H and O–H groups in total. The Morgan fingerprint density at radius 2 is 2.00 bits per heavy atom. The van der Waals surface area contributed by atoms with Crippen molar-refractivity contribution in [2.24, 2.45) is 0 Å². The number of rotatable bonds is 3. The van der Waals surface area contributed by atoms with Crippen molar-refractivity contribution < 1.29 is 0 Å². The van der Waals surface area contributed by atoms with Gasteiger partial charge in [-0.1, -0.05) is 0 Å². The fraction of sp³-hybridized carbons (Fsp3) is 0.385. The summed E-state index contributed by atoms with van der Waals surface area (Å²) < 4.78 is 2.05. The fourth-order valence-electron chi connectivity index (χ4n) is 1.70. The molecule has 17 heavy (non-hydrogen) atoms. The molecule has 2 aromatic heterocycles. The molecule has 1 unspecified atom stereocenters. The second kappa shape index (κ2) is 4.67. The summed E-state index contributed by atoms with van der Waals surface area (Å²) in [5.41, 5.74) is 4.31. The maximum atomic E-state index is 4.47. The van der Waals surface area contributed by atoms with Crippen LogP contribution in [0.3, 0.4) is 0 Å². The van der Waals surface area contributed by atoms with Gasteiger partial charge in [0.15, 0.2) is 0 Å². The van der Waals surface area contributed by atoms with E-state index in [0.29, 0.717) is 0 Å². The lowest BCUT2D eigenvalue weighted by molar-refractivity contribution is 0.632. The quantitative estimate of drug-likeness (QED) is 0.878. The van der Waals surface area contributed by atoms with E-state index in [1.165, 1.54) is 0 Å². The molecule has 4 nitrogen and oxygen atoms in total. The van der Waals surface area contributed by atoms with Crippen LogP contribution in [0.25, 0.3) is 5.69 Å². The Kier molecular flexibility index (Phi) is 3.24. The van der Waals surface area contributed by atoms with Crippen molar-refractivity contribution in [2.75, 3.05) is 7.05 Å². The average molecular weight is 230 g/mol. The third-order valence-corrected chi connectivity index (χ3v) is 3.18. The Morgan fingerprint density at radius 1 is 1.24 bits per heavy atom. The molecule has 0 amide bonds. The highest BCUT2D eigenvalue weighted by Crippen LogP contribution is 2.15. The molecule has 2 rings (SSSR count). The second-order valence-corrected chi connectivity index (χ2v) is 4.24. The van der Waals surface area contributed by atoms with E-state index in [1.807, 2.05) is 32.6 Å². The van der Waals surface area contributed by atoms with Crippen molar-refractivity contribution >= 4 is 0 Å². The maximum absolute atomic E-state index is 4.47. The summed E-state index contributed by atoms with van der Waals surface area (Å²) in [6, 6.07) is 4.39. The molecule has 0 aliphatic carbocycles. The number of aromatic nitrogens is 3. The minimum Gasteiger partial charge on any atom is -0.312 e. The van der Waals surface area contributed by atoms with Crippen LogP contribution in [0, 0.1) is 13.8 Å². The van der Waals surface area contributed by atoms with Crippen LogP contribution in [0.15, 0.2) is 24.7 Å². The van der Waals surface area contributed by atoms with Crippen LogP contribution in [0.2, 0.25) is 0 Å². The summed E-state index contributed by atoms with van der Waals surface area (Å²) in [5.74, 6) is 0. The number of hydrogen-bond donors (Lipinski definition) is 1. The zero-order valence-electron chi connectivity index (χ0n) is 10.7. The summed E-state index contributed by atoms with van der Waals surface area (Å²) >= 11 is 0. The average Bonchev–Trinajstić information content (AvgIpc) is 2.69. The van der Waals surface area contributed by atoms with Crippen LogP contribution in [0.4, 0.5) is 0 Å². The number of imidazole rings is 1. The number of nitrogens with zero attached hydrogens (tertiary/aromatic N) is 3. The van der Waals surface area contributed by atoms with Crippen LogP contribution in [0.1, 0.15) is 30.0 Å². The van der Waals surface area contributed by atoms with Crippen molar-refractivity contribution in [1.29, 1.82) is 0 Å². The smallest absolute Gasteiger partial charge is 0.0997 e. The summed E-state index contributed by atoms with van der Waals surface area (Å²) in [6.45, 7) is 6.16. The molecule has 0 bridgehead atoms. The predicted molar refractivity (Wildman–Crippen MR) is 68.3 cm³/mol. The van der Waals surface area contributed by atoms with Crippen LogP contribution in [0.5, 0.6) is 0 Å². The molecule has 0 saturated heterocycles. The third-order valence-electron chi connectivity index (χ3n) is 3.18. The summed E-state index contributed by atoms with van der Waals surface area (Å²) in [5, 5.41) is 3.17. The van der Waals surface area contributed by atoms with Crippen molar-refractivity contribution in [1.82, 2.24) is 19.9 Å². The molecule has 0 aliphatic heterocycles. The maximum Gasteiger partial charge on any atom is 0.0997 e. The van der Waals surface area contributed by atoms with Gasteiger partial charge in [0.1, 0.15) is 0 Å². The molecule has 0 saturated carbocycles. The lowest BCUT2D eigenvalue weighted by Gasteiger charge is -2.11. The van der Waals surface area contributed by atoms with E-state index in [1.54, 1.807) is 0 Å². The Hall–Kier alpha value is -1.68. The van der Waals surface area contributed by atoms with E-state index in [2.05, 4.69) is 39.8 Å². The minimum absolute atomic E-state index is 0.273. The Morgan fingerprint density at radius 3 is 2.47 bits per heavy atom. The fourth-order valence-corrected chi connectivity index (χ4v) is 1.70. The normalized spacial score (nSPS) is 12.7. The number of nitrogens with one attached hydrogen (secondary N) is 1. The molecule has 0 aromatic carbocycles. The van der Waals surface area contributed by atoms with Gasteiger partial charge < -0.3 is 9.88 Å². The van der Waals surface area contributed by atoms with E-state index in [9.17, 15) is 0 Å². The van der Waals surface area contributed by atoms with E-state index < -0.39 is 0 Å². The van der Waals surface area contributed by atoms with Gasteiger partial charge in [-0.05, 0) is 40.0 Å². The van der Waals surface area contributed by atoms with Gasteiger partial charge in [0, 0.05) is 11.7 Å². The molecule has 4 heteroatoms. The van der Waals surface area contributed by atoms with Gasteiger partial charge in [0.25, 0.3) is 0 Å². The molecule has 0 aliphatic rings. The van der Waals surface area contributed by atoms with Gasteiger partial charge in [-0.15, -0.1) is 0 Å². The van der Waals surface area contributed by atoms with Gasteiger partial charge >= 0.3 is 0 Å². The van der Waals surface area contributed by atoms with Crippen LogP contribution in [-0.2, 0) is 0 Å². The number of hydrogen-bond acceptors (Lipinski definition) is 3. The van der Waals surface area contributed by atoms with Crippen molar-refractivity contribution in [3.63, 3.8) is 0 Å². The van der Waals surface area contributed by atoms with Gasteiger partial charge in [-0.3, -0.25) is 4.98 Å². The SMILES string of the molecule is CNC(C)c1ccc(-n2cnc(C)c2C)cn1. The highest BCUT2D eigenvalue weighted by Gasteiger charge is 2.07. The first kappa shape index (κ1) is 11.8. The summed E-state index contributed by atoms with van der Waals surface area (Å²) in [4.78, 5) is 8.75. The van der Waals surface area contributed by atoms with Crippen molar-refractivity contribution in [2.45, 2.75) is 26.8 Å². The van der Waals surface area contributed by atoms with E-state index in [0.717, 1.165) is 22.8 Å². The predicted octanol–water partition coefficient (Wildman–Crippen LogP) is 2.16. The highest BCUT2D eigenvalue weighted by atomic mass is 15.1. The Bertz CT molecular complexity index is 499. The van der Waals surface area contributed by atoms with Crippen LogP contribution < -0.4 is 5.32 Å². The molecular formula is C13H18N4. The van der Waals surface area contributed by atoms with Crippen molar-refractivity contribution in [3.8, 4) is 5.69 Å². The largest absolute Gasteiger partial charge is 0.312 e. The van der Waals surface area contributed by atoms with Crippen LogP contribution >= 0.6 is 0 Å². The lowest BCUT2D eigenvalue weighted by Crippen LogP contribution is -2.13. The molecule has 0 spiro atoms. The Labute approximate surface area is 102 Å². The van der Waals surface area contributed by atoms with Gasteiger partial charge in [-0.2, -0.15) is 0 Å². The van der Waals surface area contributed by atoms with Crippen LogP contribution in [-0.4, -0.2) is 21.6 Å². The Balaban J connectivity index is 2.32. The zero-order chi connectivity index (χ0) is 12.4. The molecular weight excluding hydrogens is 212 g/mol. The third kappa shape index (κ3) is 2.22. The highest BCUT2D eigenvalue weighted by molar-refractivity contribution is 5.33. The first-order valence-electron chi connectivity index (χ1n) is 5.77. The molecule has 1 atom stereocenters. The summed E-state index contributed by atoms with van der Waals surface area (Å²) in [6.07, 6.45) is 3.72. The number of aryl methyl sites for hydroxylation is 1. The van der Waals surface area contributed by atoms with Gasteiger partial charge in [0.2, 0.25) is 0 Å². The monoisotopic (exact) mass is 230 g/mol. The molecule has 90 valence electrons. The summed E-state index contributed by atoms with van der Waals surface area (Å²) in [7, 11) is 1.93. The minimum atomic E-state index is 0.273. The van der Waals surface area contributed by atoms with E-state index in [4.69, 9.17) is 0 Å². The molecule has 0 radical (unpaired) electrons. The van der Waals surface area contributed by atoms with Crippen molar-refractivity contribution in [3.05, 3.63) is 41.7 Å². The number of pyridine rings is 1. The zero-order valence-corrected chi connectivity index (χ0v) is 10.7. The topological polar surface area (TPSA) is 42.7 Å². The first-order chi connectivity index (χ1) is 8.13. The first-order valence-corrected chi connectivity index (χ1v) is 5.77. The lowest BCUT2D eigenvalue weighted by atomic mass is 10.2. The standard InChI is InChI=1S/C13H18N4/c1-9-11(3)17(8-16-9)12-5-6-13(15-7-12)10(2)14-4/h5-8,10,14H,1-4H3. The van der Waals surface area contributed by atoms with E-state index >= 15 is 0 Å². The second-order valence-electron chi connectivity index (χ2n) is 4.24. The van der Waals surface area contributed by atoms with Gasteiger partial charge in [0.05, 0.1) is 29.6 Å². The molecule has 0 fully saturated rings. The molecule has 2 heterocycles. The molecule has 2 aromatic rings.